The molecule has 0 aromatic heterocycles. The molecule has 64 heavy (non-hydrogen) atoms. The first-order chi connectivity index (χ1) is 31.0. The zero-order chi connectivity index (χ0) is 45.7. The predicted molar refractivity (Wildman–Crippen MR) is 226 cm³/mol. The van der Waals surface area contributed by atoms with Gasteiger partial charge in [-0.2, -0.15) is 8.78 Å². The van der Waals surface area contributed by atoms with Crippen LogP contribution >= 0.6 is 0 Å². The Labute approximate surface area is 369 Å². The monoisotopic (exact) mass is 902 g/mol. The summed E-state index contributed by atoms with van der Waals surface area (Å²) in [4.78, 5) is 46.0. The van der Waals surface area contributed by atoms with E-state index in [0.29, 0.717) is 95.2 Å². The number of nitrogens with zero attached hydrogens (tertiary/aromatic N) is 3. The van der Waals surface area contributed by atoms with Gasteiger partial charge in [0.05, 0.1) is 98.0 Å². The number of amidine groups is 1. The number of fused-ring (bicyclic) bond motifs is 1. The van der Waals surface area contributed by atoms with Crippen LogP contribution in [0.25, 0.3) is 17.2 Å². The number of carbonyl (C=O) groups excluding carboxylic acids is 3. The summed E-state index contributed by atoms with van der Waals surface area (Å²) in [5, 5.41) is 0. The van der Waals surface area contributed by atoms with Gasteiger partial charge in [0.1, 0.15) is 5.84 Å². The number of esters is 2. The van der Waals surface area contributed by atoms with Gasteiger partial charge in [-0.1, -0.05) is 24.3 Å². The molecule has 3 aromatic rings. The van der Waals surface area contributed by atoms with Crippen LogP contribution in [0.3, 0.4) is 0 Å². The summed E-state index contributed by atoms with van der Waals surface area (Å²) in [6.07, 6.45) is 1.58. The van der Waals surface area contributed by atoms with Gasteiger partial charge in [-0.15, -0.1) is 0 Å². The van der Waals surface area contributed by atoms with E-state index in [1.807, 2.05) is 47.4 Å². The van der Waals surface area contributed by atoms with Crippen LogP contribution in [-0.4, -0.2) is 152 Å². The molecule has 0 bridgehead atoms. The second-order valence-corrected chi connectivity index (χ2v) is 14.4. The highest BCUT2D eigenvalue weighted by Gasteiger charge is 2.24. The third kappa shape index (κ3) is 15.8. The molecule has 5 rings (SSSR count). The molecule has 3 aromatic carbocycles. The van der Waals surface area contributed by atoms with Crippen LogP contribution in [0.4, 0.5) is 23.2 Å². The van der Waals surface area contributed by atoms with Crippen molar-refractivity contribution in [3.05, 3.63) is 88.5 Å². The lowest BCUT2D eigenvalue weighted by Gasteiger charge is -2.34. The van der Waals surface area contributed by atoms with E-state index < -0.39 is 47.4 Å². The number of hydrogen-bond donors (Lipinski definition) is 1. The molecule has 19 heteroatoms. The zero-order valence-electron chi connectivity index (χ0n) is 35.8. The van der Waals surface area contributed by atoms with E-state index in [4.69, 9.17) is 38.9 Å². The Morgan fingerprint density at radius 2 is 1.20 bits per heavy atom. The van der Waals surface area contributed by atoms with Crippen molar-refractivity contribution in [1.82, 2.24) is 9.80 Å². The Kier molecular flexibility index (Phi) is 20.6. The molecule has 0 spiro atoms. The molecule has 0 radical (unpaired) electrons. The van der Waals surface area contributed by atoms with Gasteiger partial charge in [0.25, 0.3) is 5.91 Å². The van der Waals surface area contributed by atoms with Crippen LogP contribution in [0.5, 0.6) is 5.75 Å². The standard InChI is InChI=1S/C45H54F4N4O11/c1-2-63-45(56)35-27-34-8-7-33(28-38(34)51-39(50)29-35)31-3-5-32(6-4-31)44(55)53-12-10-52(11-13-53)14-16-58-18-20-60-22-24-62-26-25-61-23-21-59-19-17-57-15-9-40(54)64-43-41(48)36(46)30-37(47)42(43)49/h3-8,27-28,30H,2,9-26,29H2,1H3,(H2,50,51). The molecule has 2 aliphatic heterocycles. The number of amides is 1. The molecule has 2 N–H and O–H groups in total. The zero-order valence-corrected chi connectivity index (χ0v) is 35.8. The van der Waals surface area contributed by atoms with E-state index in [1.54, 1.807) is 13.0 Å². The smallest absolute Gasteiger partial charge is 0.334 e. The highest BCUT2D eigenvalue weighted by atomic mass is 19.2. The van der Waals surface area contributed by atoms with Gasteiger partial charge in [-0.05, 0) is 42.3 Å². The van der Waals surface area contributed by atoms with Crippen molar-refractivity contribution in [2.24, 2.45) is 10.7 Å². The van der Waals surface area contributed by atoms with Crippen molar-refractivity contribution < 1.29 is 69.8 Å². The van der Waals surface area contributed by atoms with Crippen LogP contribution in [0.2, 0.25) is 0 Å². The van der Waals surface area contributed by atoms with Gasteiger partial charge in [0.15, 0.2) is 11.6 Å². The fourth-order valence-electron chi connectivity index (χ4n) is 6.44. The molecule has 0 aliphatic carbocycles. The maximum absolute atomic E-state index is 13.6. The average molecular weight is 903 g/mol. The average Bonchev–Trinajstić information content (AvgIpc) is 3.46. The Bertz CT molecular complexity index is 2040. The van der Waals surface area contributed by atoms with Gasteiger partial charge in [-0.25, -0.2) is 18.6 Å². The maximum Gasteiger partial charge on any atom is 0.334 e. The van der Waals surface area contributed by atoms with Crippen molar-refractivity contribution in [3.63, 3.8) is 0 Å². The van der Waals surface area contributed by atoms with E-state index in [-0.39, 0.29) is 44.8 Å². The van der Waals surface area contributed by atoms with E-state index >= 15 is 0 Å². The summed E-state index contributed by atoms with van der Waals surface area (Å²) in [7, 11) is 0. The number of rotatable bonds is 26. The molecule has 1 saturated heterocycles. The number of halogens is 4. The first kappa shape index (κ1) is 49.7. The van der Waals surface area contributed by atoms with Crippen molar-refractivity contribution in [3.8, 4) is 16.9 Å². The van der Waals surface area contributed by atoms with E-state index in [1.165, 1.54) is 0 Å². The van der Waals surface area contributed by atoms with E-state index in [2.05, 4.69) is 14.6 Å². The van der Waals surface area contributed by atoms with Crippen molar-refractivity contribution >= 4 is 35.4 Å². The minimum Gasteiger partial charge on any atom is -0.463 e. The number of aliphatic imine (C=N–C) groups is 1. The third-order valence-corrected chi connectivity index (χ3v) is 9.81. The Balaban J connectivity index is 0.816. The number of nitrogens with two attached hydrogens (primary N) is 1. The van der Waals surface area contributed by atoms with Crippen molar-refractivity contribution in [1.29, 1.82) is 0 Å². The van der Waals surface area contributed by atoms with Gasteiger partial charge >= 0.3 is 11.9 Å². The highest BCUT2D eigenvalue weighted by Crippen LogP contribution is 2.32. The minimum absolute atomic E-state index is 0.00819. The maximum atomic E-state index is 13.6. The van der Waals surface area contributed by atoms with Crippen molar-refractivity contribution in [2.45, 2.75) is 19.8 Å². The Hall–Kier alpha value is -5.28. The van der Waals surface area contributed by atoms with Crippen LogP contribution in [0, 0.1) is 23.3 Å². The second-order valence-electron chi connectivity index (χ2n) is 14.4. The molecule has 1 amide bonds. The predicted octanol–water partition coefficient (Wildman–Crippen LogP) is 5.10. The second kappa shape index (κ2) is 26.5. The van der Waals surface area contributed by atoms with E-state index in [9.17, 15) is 31.9 Å². The lowest BCUT2D eigenvalue weighted by atomic mass is 10.00. The van der Waals surface area contributed by atoms with Crippen LogP contribution in [0.15, 0.2) is 59.1 Å². The lowest BCUT2D eigenvalue weighted by Crippen LogP contribution is -2.49. The normalized spacial score (nSPS) is 14.1. The lowest BCUT2D eigenvalue weighted by molar-refractivity contribution is -0.138. The quantitative estimate of drug-likeness (QED) is 0.0372. The molecule has 15 nitrogen and oxygen atoms in total. The van der Waals surface area contributed by atoms with Crippen LogP contribution < -0.4 is 10.5 Å². The summed E-state index contributed by atoms with van der Waals surface area (Å²) >= 11 is 0. The summed E-state index contributed by atoms with van der Waals surface area (Å²) in [6, 6.07) is 13.3. The number of benzene rings is 3. The summed E-state index contributed by atoms with van der Waals surface area (Å²) in [5.41, 5.74) is 10.5. The van der Waals surface area contributed by atoms with Gasteiger partial charge in [0, 0.05) is 61.9 Å². The fourth-order valence-corrected chi connectivity index (χ4v) is 6.44. The Morgan fingerprint density at radius 1 is 0.672 bits per heavy atom. The van der Waals surface area contributed by atoms with E-state index in [0.717, 1.165) is 36.3 Å². The molecular weight excluding hydrogens is 849 g/mol. The van der Waals surface area contributed by atoms with Gasteiger partial charge in [0.2, 0.25) is 17.4 Å². The molecule has 0 atom stereocenters. The molecule has 2 aliphatic rings. The molecule has 0 unspecified atom stereocenters. The fraction of sp³-hybridized carbons (Fsp3) is 0.467. The first-order valence-electron chi connectivity index (χ1n) is 21.0. The van der Waals surface area contributed by atoms with Crippen LogP contribution in [-0.2, 0) is 42.7 Å². The Morgan fingerprint density at radius 3 is 1.77 bits per heavy atom. The highest BCUT2D eigenvalue weighted by molar-refractivity contribution is 6.03. The summed E-state index contributed by atoms with van der Waals surface area (Å²) in [6.45, 7) is 9.32. The SMILES string of the molecule is CCOC(=O)C1=Cc2ccc(-c3ccc(C(=O)N4CCN(CCOCCOCCOCCOCCOCCOCCC(=O)Oc5c(F)c(F)cc(F)c5F)CC4)cc3)cc2N=C(N)C1. The van der Waals surface area contributed by atoms with Crippen LogP contribution in [0.1, 0.15) is 35.7 Å². The summed E-state index contributed by atoms with van der Waals surface area (Å²) in [5.74, 6) is -9.59. The number of piperazine rings is 1. The van der Waals surface area contributed by atoms with Gasteiger partial charge in [-0.3, -0.25) is 14.5 Å². The third-order valence-electron chi connectivity index (χ3n) is 9.81. The van der Waals surface area contributed by atoms with Gasteiger partial charge < -0.3 is 48.5 Å². The topological polar surface area (TPSA) is 170 Å². The molecule has 0 saturated carbocycles. The summed E-state index contributed by atoms with van der Waals surface area (Å²) < 4.78 is 95.9. The molecule has 1 fully saturated rings. The largest absolute Gasteiger partial charge is 0.463 e. The molecular formula is C45H54F4N4O11. The number of carbonyl (C=O) groups is 3. The minimum atomic E-state index is -1.80. The molecule has 2 heterocycles. The number of ether oxygens (including phenoxy) is 8. The molecule has 348 valence electrons. The van der Waals surface area contributed by atoms with Crippen molar-refractivity contribution in [2.75, 3.05) is 119 Å². The number of hydrogen-bond acceptors (Lipinski definition) is 14. The first-order valence-corrected chi connectivity index (χ1v) is 21.0.